The van der Waals surface area contributed by atoms with E-state index in [1.54, 1.807) is 44.2 Å². The van der Waals surface area contributed by atoms with Crippen LogP contribution in [0.5, 0.6) is 0 Å². The highest BCUT2D eigenvalue weighted by atomic mass is 16.5. The molecule has 1 aromatic heterocycles. The van der Waals surface area contributed by atoms with Crippen molar-refractivity contribution >= 4 is 17.5 Å². The van der Waals surface area contributed by atoms with Gasteiger partial charge in [0.05, 0.1) is 5.56 Å². The molecule has 0 fully saturated rings. The summed E-state index contributed by atoms with van der Waals surface area (Å²) >= 11 is 0. The van der Waals surface area contributed by atoms with E-state index in [0.29, 0.717) is 48.1 Å². The minimum atomic E-state index is -0.261. The van der Waals surface area contributed by atoms with Crippen molar-refractivity contribution in [3.8, 4) is 0 Å². The molecule has 2 N–H and O–H groups in total. The second-order valence-corrected chi connectivity index (χ2v) is 5.67. The second-order valence-electron chi connectivity index (χ2n) is 5.67. The molecular formula is C19H24N2O4. The van der Waals surface area contributed by atoms with Gasteiger partial charge < -0.3 is 19.8 Å². The van der Waals surface area contributed by atoms with Gasteiger partial charge in [-0.3, -0.25) is 9.59 Å². The first-order valence-corrected chi connectivity index (χ1v) is 8.35. The smallest absolute Gasteiger partial charge is 0.259 e. The molecule has 2 rings (SSSR count). The van der Waals surface area contributed by atoms with Crippen LogP contribution in [0.25, 0.3) is 0 Å². The normalized spacial score (nSPS) is 10.5. The van der Waals surface area contributed by atoms with Crippen molar-refractivity contribution in [1.29, 1.82) is 0 Å². The molecular weight excluding hydrogens is 320 g/mol. The molecule has 0 unspecified atom stereocenters. The molecule has 0 saturated heterocycles. The molecule has 0 spiro atoms. The fraction of sp³-hybridized carbons (Fsp3) is 0.368. The Morgan fingerprint density at radius 3 is 2.64 bits per heavy atom. The summed E-state index contributed by atoms with van der Waals surface area (Å²) in [5, 5.41) is 5.63. The third-order valence-electron chi connectivity index (χ3n) is 3.62. The molecule has 6 nitrogen and oxygen atoms in total. The van der Waals surface area contributed by atoms with E-state index in [9.17, 15) is 9.59 Å². The second kappa shape index (κ2) is 9.03. The number of carbonyl (C=O) groups excluding carboxylic acids is 2. The predicted molar refractivity (Wildman–Crippen MR) is 96.0 cm³/mol. The fourth-order valence-corrected chi connectivity index (χ4v) is 2.42. The molecule has 0 bridgehead atoms. The molecule has 6 heteroatoms. The van der Waals surface area contributed by atoms with Crippen LogP contribution in [0.1, 0.15) is 45.6 Å². The third-order valence-corrected chi connectivity index (χ3v) is 3.62. The van der Waals surface area contributed by atoms with Gasteiger partial charge in [0.25, 0.3) is 11.8 Å². The zero-order valence-electron chi connectivity index (χ0n) is 14.8. The summed E-state index contributed by atoms with van der Waals surface area (Å²) in [6.07, 6.45) is 0.759. The molecule has 0 aliphatic heterocycles. The van der Waals surface area contributed by atoms with Crippen LogP contribution in [0.15, 0.2) is 34.7 Å². The van der Waals surface area contributed by atoms with Crippen LogP contribution in [0, 0.1) is 13.8 Å². The van der Waals surface area contributed by atoms with Gasteiger partial charge in [0.1, 0.15) is 11.5 Å². The monoisotopic (exact) mass is 344 g/mol. The van der Waals surface area contributed by atoms with Crippen LogP contribution in [0.3, 0.4) is 0 Å². The van der Waals surface area contributed by atoms with Gasteiger partial charge in [0.15, 0.2) is 0 Å². The predicted octanol–water partition coefficient (Wildman–Crippen LogP) is 3.31. The van der Waals surface area contributed by atoms with Gasteiger partial charge >= 0.3 is 0 Å². The van der Waals surface area contributed by atoms with Crippen LogP contribution in [-0.2, 0) is 4.74 Å². The van der Waals surface area contributed by atoms with Crippen LogP contribution in [-0.4, -0.2) is 31.6 Å². The van der Waals surface area contributed by atoms with Gasteiger partial charge in [-0.2, -0.15) is 0 Å². The maximum absolute atomic E-state index is 12.3. The zero-order chi connectivity index (χ0) is 18.2. The van der Waals surface area contributed by atoms with Crippen molar-refractivity contribution in [3.63, 3.8) is 0 Å². The maximum Gasteiger partial charge on any atom is 0.259 e. The summed E-state index contributed by atoms with van der Waals surface area (Å²) in [5.41, 5.74) is 1.54. The summed E-state index contributed by atoms with van der Waals surface area (Å²) in [5.74, 6) is 0.813. The highest BCUT2D eigenvalue weighted by Crippen LogP contribution is 2.17. The van der Waals surface area contributed by atoms with Crippen molar-refractivity contribution in [3.05, 3.63) is 53.0 Å². The first-order chi connectivity index (χ1) is 12.0. The standard InChI is InChI=1S/C19H24N2O4/c1-4-24-10-6-9-20-18(22)15-7-5-8-16(12-15)21-19(23)17-11-13(2)25-14(17)3/h5,7-8,11-12H,4,6,9-10H2,1-3H3,(H,20,22)(H,21,23). The van der Waals surface area contributed by atoms with Crippen molar-refractivity contribution in [2.45, 2.75) is 27.2 Å². The van der Waals surface area contributed by atoms with Crippen molar-refractivity contribution in [2.75, 3.05) is 25.1 Å². The lowest BCUT2D eigenvalue weighted by atomic mass is 10.1. The van der Waals surface area contributed by atoms with Crippen LogP contribution in [0.2, 0.25) is 0 Å². The lowest BCUT2D eigenvalue weighted by Crippen LogP contribution is -2.25. The Balaban J connectivity index is 1.95. The van der Waals surface area contributed by atoms with E-state index in [2.05, 4.69) is 10.6 Å². The number of furan rings is 1. The minimum absolute atomic E-state index is 0.178. The van der Waals surface area contributed by atoms with Gasteiger partial charge in [-0.15, -0.1) is 0 Å². The van der Waals surface area contributed by atoms with E-state index in [4.69, 9.17) is 9.15 Å². The Bertz CT molecular complexity index is 737. The summed E-state index contributed by atoms with van der Waals surface area (Å²) in [4.78, 5) is 24.5. The molecule has 1 aromatic carbocycles. The number of rotatable bonds is 8. The number of anilines is 1. The van der Waals surface area contributed by atoms with Gasteiger partial charge in [-0.25, -0.2) is 0 Å². The van der Waals surface area contributed by atoms with E-state index in [1.165, 1.54) is 0 Å². The topological polar surface area (TPSA) is 80.6 Å². The number of nitrogens with one attached hydrogen (secondary N) is 2. The molecule has 134 valence electrons. The summed E-state index contributed by atoms with van der Waals surface area (Å²) in [6, 6.07) is 8.53. The number of ether oxygens (including phenoxy) is 1. The Morgan fingerprint density at radius 2 is 1.96 bits per heavy atom. The lowest BCUT2D eigenvalue weighted by molar-refractivity contribution is 0.0943. The average molecular weight is 344 g/mol. The van der Waals surface area contributed by atoms with Crippen LogP contribution < -0.4 is 10.6 Å². The third kappa shape index (κ3) is 5.46. The summed E-state index contributed by atoms with van der Waals surface area (Å²) < 4.78 is 10.6. The Hall–Kier alpha value is -2.60. The van der Waals surface area contributed by atoms with Gasteiger partial charge in [-0.05, 0) is 51.5 Å². The maximum atomic E-state index is 12.3. The van der Waals surface area contributed by atoms with Crippen molar-refractivity contribution < 1.29 is 18.7 Å². The number of hydrogen-bond donors (Lipinski definition) is 2. The molecule has 0 atom stereocenters. The van der Waals surface area contributed by atoms with E-state index in [-0.39, 0.29) is 11.8 Å². The number of amides is 2. The molecule has 2 aromatic rings. The van der Waals surface area contributed by atoms with E-state index >= 15 is 0 Å². The highest BCUT2D eigenvalue weighted by molar-refractivity contribution is 6.05. The molecule has 2 amide bonds. The van der Waals surface area contributed by atoms with Crippen molar-refractivity contribution in [2.24, 2.45) is 0 Å². The Kier molecular flexibility index (Phi) is 6.77. The molecule has 0 saturated carbocycles. The average Bonchev–Trinajstić information content (AvgIpc) is 2.93. The summed E-state index contributed by atoms with van der Waals surface area (Å²) in [6.45, 7) is 7.31. The van der Waals surface area contributed by atoms with Gasteiger partial charge in [0, 0.05) is 31.0 Å². The first-order valence-electron chi connectivity index (χ1n) is 8.35. The largest absolute Gasteiger partial charge is 0.466 e. The van der Waals surface area contributed by atoms with Crippen LogP contribution >= 0.6 is 0 Å². The van der Waals surface area contributed by atoms with E-state index in [0.717, 1.165) is 6.42 Å². The molecule has 25 heavy (non-hydrogen) atoms. The van der Waals surface area contributed by atoms with Gasteiger partial charge in [-0.1, -0.05) is 6.07 Å². The first kappa shape index (κ1) is 18.7. The van der Waals surface area contributed by atoms with E-state index < -0.39 is 0 Å². The number of carbonyl (C=O) groups is 2. The number of hydrogen-bond acceptors (Lipinski definition) is 4. The Morgan fingerprint density at radius 1 is 1.16 bits per heavy atom. The number of benzene rings is 1. The Labute approximate surface area is 147 Å². The van der Waals surface area contributed by atoms with Crippen molar-refractivity contribution in [1.82, 2.24) is 5.32 Å². The lowest BCUT2D eigenvalue weighted by Gasteiger charge is -2.08. The van der Waals surface area contributed by atoms with Crippen LogP contribution in [0.4, 0.5) is 5.69 Å². The number of aryl methyl sites for hydroxylation is 2. The fourth-order valence-electron chi connectivity index (χ4n) is 2.42. The molecule has 0 aliphatic rings. The quantitative estimate of drug-likeness (QED) is 0.720. The molecule has 0 radical (unpaired) electrons. The highest BCUT2D eigenvalue weighted by Gasteiger charge is 2.14. The molecule has 1 heterocycles. The molecule has 0 aliphatic carbocycles. The van der Waals surface area contributed by atoms with Gasteiger partial charge in [0.2, 0.25) is 0 Å². The SMILES string of the molecule is CCOCCCNC(=O)c1cccc(NC(=O)c2cc(C)oc2C)c1. The zero-order valence-corrected chi connectivity index (χ0v) is 14.8. The summed E-state index contributed by atoms with van der Waals surface area (Å²) in [7, 11) is 0. The minimum Gasteiger partial charge on any atom is -0.466 e. The van der Waals surface area contributed by atoms with E-state index in [1.807, 2.05) is 6.92 Å².